The molecule has 0 fully saturated rings. The van der Waals surface area contributed by atoms with Crippen molar-refractivity contribution < 1.29 is 27.9 Å². The highest BCUT2D eigenvalue weighted by atomic mass is 19.4. The number of halogens is 3. The van der Waals surface area contributed by atoms with Crippen molar-refractivity contribution in [1.82, 2.24) is 9.88 Å². The number of rotatable bonds is 6. The van der Waals surface area contributed by atoms with Gasteiger partial charge in [0.05, 0.1) is 18.3 Å². The molecular weight excluding hydrogens is 413 g/mol. The number of carbonyl (C=O) groups excluding carboxylic acids is 2. The Hall–Kier alpha value is -2.98. The lowest BCUT2D eigenvalue weighted by Gasteiger charge is -2.34. The smallest absolute Gasteiger partial charge is 0.382 e. The van der Waals surface area contributed by atoms with E-state index in [2.05, 4.69) is 10.3 Å². The van der Waals surface area contributed by atoms with E-state index in [1.54, 1.807) is 12.1 Å². The Morgan fingerprint density at radius 3 is 2.74 bits per heavy atom. The predicted molar refractivity (Wildman–Crippen MR) is 107 cm³/mol. The molecule has 0 bridgehead atoms. The fourth-order valence-corrected chi connectivity index (χ4v) is 3.72. The number of alkyl halides is 3. The molecule has 1 aromatic carbocycles. The quantitative estimate of drug-likeness (QED) is 0.644. The van der Waals surface area contributed by atoms with E-state index >= 15 is 0 Å². The second kappa shape index (κ2) is 9.03. The summed E-state index contributed by atoms with van der Waals surface area (Å²) in [6.07, 6.45) is -4.39. The summed E-state index contributed by atoms with van der Waals surface area (Å²) >= 11 is 0. The maximum absolute atomic E-state index is 12.7. The first kappa shape index (κ1) is 22.7. The number of fused-ring (bicyclic) bond motifs is 1. The van der Waals surface area contributed by atoms with E-state index in [0.717, 1.165) is 17.3 Å². The summed E-state index contributed by atoms with van der Waals surface area (Å²) in [5, 5.41) is 12.3. The Kier molecular flexibility index (Phi) is 6.61. The first-order valence-electron chi connectivity index (χ1n) is 9.66. The van der Waals surface area contributed by atoms with Gasteiger partial charge in [0.15, 0.2) is 0 Å². The molecule has 0 spiro atoms. The lowest BCUT2D eigenvalue weighted by atomic mass is 9.89. The molecule has 1 aromatic heterocycles. The van der Waals surface area contributed by atoms with Gasteiger partial charge >= 0.3 is 6.18 Å². The van der Waals surface area contributed by atoms with Gasteiger partial charge in [-0.3, -0.25) is 19.5 Å². The summed E-state index contributed by atoms with van der Waals surface area (Å²) < 4.78 is 37.8. The Labute approximate surface area is 177 Å². The molecule has 2 heterocycles. The number of hydrogen-bond acceptors (Lipinski definition) is 5. The van der Waals surface area contributed by atoms with Gasteiger partial charge in [-0.15, -0.1) is 0 Å². The molecule has 7 nitrogen and oxygen atoms in total. The zero-order valence-electron chi connectivity index (χ0n) is 16.8. The highest BCUT2D eigenvalue weighted by molar-refractivity contribution is 6.04. The summed E-state index contributed by atoms with van der Waals surface area (Å²) in [6, 6.07) is 6.45. The van der Waals surface area contributed by atoms with Gasteiger partial charge in [-0.05, 0) is 40.8 Å². The Bertz CT molecular complexity index is 981. The molecule has 1 aliphatic heterocycles. The fraction of sp³-hybridized carbons (Fsp3) is 0.381. The number of hydrogen-bond donors (Lipinski definition) is 3. The van der Waals surface area contributed by atoms with Gasteiger partial charge in [-0.2, -0.15) is 13.2 Å². The standard InChI is InChI=1S/C21H23F3N4O3/c1-12-9-28(11-18(29)19(25)30)10-15-5-14(2-3-17(12)15)20(31)27-16-4-13(7-26-8-16)6-21(22,23)24/h2-5,7-8,12,18,29H,6,9-11H2,1H3,(H2,25,30)(H,27,31)/t12-,18-/m0/s1. The van der Waals surface area contributed by atoms with E-state index in [1.807, 2.05) is 17.9 Å². The minimum absolute atomic E-state index is 0.0479. The second-order valence-corrected chi connectivity index (χ2v) is 7.75. The first-order chi connectivity index (χ1) is 14.5. The molecule has 2 amide bonds. The van der Waals surface area contributed by atoms with Crippen molar-refractivity contribution in [2.24, 2.45) is 5.73 Å². The predicted octanol–water partition coefficient (Wildman–Crippen LogP) is 2.20. The fourth-order valence-electron chi connectivity index (χ4n) is 3.72. The molecule has 3 rings (SSSR count). The number of amides is 2. The number of primary amides is 1. The molecule has 0 saturated heterocycles. The molecular formula is C21H23F3N4O3. The average Bonchev–Trinajstić information content (AvgIpc) is 2.66. The van der Waals surface area contributed by atoms with Gasteiger partial charge in [0.1, 0.15) is 6.10 Å². The molecule has 0 unspecified atom stereocenters. The summed E-state index contributed by atoms with van der Waals surface area (Å²) in [4.78, 5) is 29.4. The average molecular weight is 436 g/mol. The van der Waals surface area contributed by atoms with Crippen molar-refractivity contribution in [1.29, 1.82) is 0 Å². The van der Waals surface area contributed by atoms with Crippen molar-refractivity contribution in [3.8, 4) is 0 Å². The van der Waals surface area contributed by atoms with Gasteiger partial charge in [0, 0.05) is 31.4 Å². The van der Waals surface area contributed by atoms with E-state index < -0.39 is 30.5 Å². The van der Waals surface area contributed by atoms with Crippen LogP contribution in [-0.2, 0) is 17.8 Å². The molecule has 0 aliphatic carbocycles. The van der Waals surface area contributed by atoms with Crippen LogP contribution in [0.2, 0.25) is 0 Å². The van der Waals surface area contributed by atoms with Gasteiger partial charge < -0.3 is 16.2 Å². The number of pyridine rings is 1. The third-order valence-corrected chi connectivity index (χ3v) is 5.08. The number of nitrogens with two attached hydrogens (primary N) is 1. The van der Waals surface area contributed by atoms with Crippen LogP contribution in [0.3, 0.4) is 0 Å². The van der Waals surface area contributed by atoms with Gasteiger partial charge in [-0.1, -0.05) is 13.0 Å². The summed E-state index contributed by atoms with van der Waals surface area (Å²) in [5.74, 6) is -1.16. The van der Waals surface area contributed by atoms with Crippen LogP contribution in [0.25, 0.3) is 0 Å². The van der Waals surface area contributed by atoms with E-state index in [0.29, 0.717) is 18.7 Å². The first-order valence-corrected chi connectivity index (χ1v) is 9.66. The molecule has 31 heavy (non-hydrogen) atoms. The largest absolute Gasteiger partial charge is 0.393 e. The number of β-amino-alcohol motifs (C(OH)–C–C–N with tert-alkyl or cyclic N) is 1. The van der Waals surface area contributed by atoms with Crippen molar-refractivity contribution in [2.75, 3.05) is 18.4 Å². The molecule has 0 saturated carbocycles. The maximum atomic E-state index is 12.7. The van der Waals surface area contributed by atoms with E-state index in [9.17, 15) is 27.9 Å². The number of benzene rings is 1. The normalized spacial score (nSPS) is 17.6. The Balaban J connectivity index is 1.74. The van der Waals surface area contributed by atoms with Crippen molar-refractivity contribution >= 4 is 17.5 Å². The molecule has 166 valence electrons. The minimum Gasteiger partial charge on any atom is -0.382 e. The molecule has 10 heteroatoms. The van der Waals surface area contributed by atoms with Crippen LogP contribution >= 0.6 is 0 Å². The monoisotopic (exact) mass is 436 g/mol. The second-order valence-electron chi connectivity index (χ2n) is 7.75. The summed E-state index contributed by atoms with van der Waals surface area (Å²) in [7, 11) is 0. The van der Waals surface area contributed by atoms with Gasteiger partial charge in [0.2, 0.25) is 5.91 Å². The highest BCUT2D eigenvalue weighted by Gasteiger charge is 2.28. The Morgan fingerprint density at radius 2 is 2.06 bits per heavy atom. The van der Waals surface area contributed by atoms with Crippen LogP contribution in [0.15, 0.2) is 36.7 Å². The topological polar surface area (TPSA) is 109 Å². The molecule has 1 aliphatic rings. The van der Waals surface area contributed by atoms with Crippen LogP contribution in [-0.4, -0.2) is 52.2 Å². The zero-order valence-corrected chi connectivity index (χ0v) is 16.8. The SMILES string of the molecule is C[C@H]1CN(C[C@H](O)C(N)=O)Cc2cc(C(=O)Nc3cncc(CC(F)(F)F)c3)ccc21. The van der Waals surface area contributed by atoms with Crippen molar-refractivity contribution in [2.45, 2.75) is 38.1 Å². The van der Waals surface area contributed by atoms with Crippen LogP contribution in [0.4, 0.5) is 18.9 Å². The molecule has 2 aromatic rings. The van der Waals surface area contributed by atoms with Crippen LogP contribution in [0.5, 0.6) is 0 Å². The van der Waals surface area contributed by atoms with E-state index in [4.69, 9.17) is 5.73 Å². The highest BCUT2D eigenvalue weighted by Crippen LogP contribution is 2.29. The number of aliphatic hydroxyl groups is 1. The number of aliphatic hydroxyl groups excluding tert-OH is 1. The van der Waals surface area contributed by atoms with Crippen molar-refractivity contribution in [3.05, 3.63) is 58.9 Å². The number of anilines is 1. The lowest BCUT2D eigenvalue weighted by Crippen LogP contribution is -2.43. The summed E-state index contributed by atoms with van der Waals surface area (Å²) in [5.41, 5.74) is 7.51. The molecule has 2 atom stereocenters. The Morgan fingerprint density at radius 1 is 1.32 bits per heavy atom. The zero-order chi connectivity index (χ0) is 22.8. The van der Waals surface area contributed by atoms with E-state index in [-0.39, 0.29) is 23.7 Å². The minimum atomic E-state index is -4.37. The summed E-state index contributed by atoms with van der Waals surface area (Å²) in [6.45, 7) is 3.14. The van der Waals surface area contributed by atoms with Gasteiger partial charge in [-0.25, -0.2) is 0 Å². The maximum Gasteiger partial charge on any atom is 0.393 e. The van der Waals surface area contributed by atoms with E-state index in [1.165, 1.54) is 12.3 Å². The van der Waals surface area contributed by atoms with Crippen LogP contribution in [0.1, 0.15) is 39.9 Å². The molecule has 0 radical (unpaired) electrons. The number of nitrogens with one attached hydrogen (secondary N) is 1. The lowest BCUT2D eigenvalue weighted by molar-refractivity contribution is -0.128. The van der Waals surface area contributed by atoms with Gasteiger partial charge in [0.25, 0.3) is 5.91 Å². The number of aromatic nitrogens is 1. The van der Waals surface area contributed by atoms with Crippen LogP contribution < -0.4 is 11.1 Å². The number of carbonyl (C=O) groups is 2. The third kappa shape index (κ3) is 6.02. The van der Waals surface area contributed by atoms with Crippen LogP contribution in [0, 0.1) is 0 Å². The number of nitrogens with zero attached hydrogens (tertiary/aromatic N) is 2. The molecule has 4 N–H and O–H groups in total. The third-order valence-electron chi connectivity index (χ3n) is 5.08. The van der Waals surface area contributed by atoms with Crippen molar-refractivity contribution in [3.63, 3.8) is 0 Å².